The first kappa shape index (κ1) is 30.1. The Labute approximate surface area is 231 Å². The van der Waals surface area contributed by atoms with Gasteiger partial charge in [0.15, 0.2) is 5.96 Å². The van der Waals surface area contributed by atoms with Crippen LogP contribution < -0.4 is 27.8 Å². The van der Waals surface area contributed by atoms with Crippen molar-refractivity contribution in [3.05, 3.63) is 54.1 Å². The Balaban J connectivity index is 1.77. The molecule has 0 spiro atoms. The molecule has 10 N–H and O–H groups in total. The Hall–Kier alpha value is -4.46. The summed E-state index contributed by atoms with van der Waals surface area (Å²) in [6, 6.07) is 5.06. The number of amides is 3. The van der Waals surface area contributed by atoms with Crippen molar-refractivity contribution in [2.75, 3.05) is 13.1 Å². The molecule has 1 aliphatic heterocycles. The highest BCUT2D eigenvalue weighted by molar-refractivity contribution is 5.94. The smallest absolute Gasteiger partial charge is 0.326 e. The molecule has 2 heterocycles. The minimum Gasteiger partial charge on any atom is -0.480 e. The van der Waals surface area contributed by atoms with Gasteiger partial charge in [0.05, 0.1) is 12.4 Å². The number of guanidine groups is 1. The largest absolute Gasteiger partial charge is 0.480 e. The van der Waals surface area contributed by atoms with Gasteiger partial charge in [0.2, 0.25) is 17.7 Å². The van der Waals surface area contributed by atoms with E-state index < -0.39 is 47.9 Å². The molecule has 2 aromatic rings. The molecule has 14 heteroatoms. The molecule has 0 bridgehead atoms. The molecule has 3 amide bonds. The summed E-state index contributed by atoms with van der Waals surface area (Å²) in [5, 5.41) is 15.1. The van der Waals surface area contributed by atoms with Crippen LogP contribution >= 0.6 is 0 Å². The molecule has 14 nitrogen and oxygen atoms in total. The summed E-state index contributed by atoms with van der Waals surface area (Å²) < 4.78 is 0. The molecular weight excluding hydrogens is 518 g/mol. The number of nitrogens with one attached hydrogen (secondary N) is 3. The maximum absolute atomic E-state index is 13.6. The minimum atomic E-state index is -1.09. The number of nitrogens with two attached hydrogens (primary N) is 3. The fraction of sp³-hybridized carbons (Fsp3) is 0.462. The third-order valence-electron chi connectivity index (χ3n) is 6.63. The summed E-state index contributed by atoms with van der Waals surface area (Å²) in [6.07, 6.45) is 4.80. The molecule has 1 aliphatic rings. The number of carbonyl (C=O) groups excluding carboxylic acids is 3. The number of aromatic nitrogens is 2. The number of carbonyl (C=O) groups is 4. The zero-order chi connectivity index (χ0) is 29.1. The number of aliphatic imine (C=N–C) groups is 1. The first-order valence-corrected chi connectivity index (χ1v) is 13.1. The third kappa shape index (κ3) is 8.80. The second-order valence-corrected chi connectivity index (χ2v) is 9.68. The van der Waals surface area contributed by atoms with E-state index in [1.165, 1.54) is 17.4 Å². The molecule has 0 radical (unpaired) electrons. The SMILES string of the molecule is NC(N)=NCCCC(N)C(=O)NC(Cc1cnc[nH]1)C(=O)NC(Cc1ccccc1)C(=O)N1CCCC1C(=O)O. The second kappa shape index (κ2) is 14.6. The van der Waals surface area contributed by atoms with Crippen LogP contribution in [0.3, 0.4) is 0 Å². The van der Waals surface area contributed by atoms with Crippen LogP contribution in [0.25, 0.3) is 0 Å². The van der Waals surface area contributed by atoms with Gasteiger partial charge in [0, 0.05) is 37.8 Å². The fourth-order valence-corrected chi connectivity index (χ4v) is 4.56. The molecule has 0 saturated carbocycles. The Bertz CT molecular complexity index is 1170. The molecule has 1 aromatic carbocycles. The monoisotopic (exact) mass is 555 g/mol. The predicted molar refractivity (Wildman–Crippen MR) is 147 cm³/mol. The Kier molecular flexibility index (Phi) is 11.0. The molecule has 3 rings (SSSR count). The zero-order valence-corrected chi connectivity index (χ0v) is 22.2. The summed E-state index contributed by atoms with van der Waals surface area (Å²) in [5.41, 5.74) is 18.0. The van der Waals surface area contributed by atoms with E-state index in [0.717, 1.165) is 5.56 Å². The van der Waals surface area contributed by atoms with Crippen molar-refractivity contribution in [1.29, 1.82) is 0 Å². The zero-order valence-electron chi connectivity index (χ0n) is 22.2. The van der Waals surface area contributed by atoms with Crippen LogP contribution in [0.15, 0.2) is 47.8 Å². The number of rotatable bonds is 14. The number of benzene rings is 1. The standard InChI is InChI=1S/C26H37N9O5/c27-18(8-4-10-31-26(28)29)22(36)33-19(13-17-14-30-15-32-17)23(37)34-20(12-16-6-2-1-3-7-16)24(38)35-11-5-9-21(35)25(39)40/h1-3,6-7,14-15,18-21H,4-5,8-13,27H2,(H,30,32)(H,33,36)(H,34,37)(H,39,40)(H4,28,29,31). The summed E-state index contributed by atoms with van der Waals surface area (Å²) >= 11 is 0. The number of imidazole rings is 1. The van der Waals surface area contributed by atoms with Gasteiger partial charge in [-0.1, -0.05) is 30.3 Å². The first-order valence-electron chi connectivity index (χ1n) is 13.1. The van der Waals surface area contributed by atoms with Crippen LogP contribution in [-0.4, -0.2) is 86.9 Å². The van der Waals surface area contributed by atoms with Crippen LogP contribution in [0, 0.1) is 0 Å². The quantitative estimate of drug-likeness (QED) is 0.0825. The molecule has 1 fully saturated rings. The van der Waals surface area contributed by atoms with Crippen molar-refractivity contribution < 1.29 is 24.3 Å². The van der Waals surface area contributed by atoms with Crippen molar-refractivity contribution in [2.24, 2.45) is 22.2 Å². The van der Waals surface area contributed by atoms with Gasteiger partial charge in [-0.15, -0.1) is 0 Å². The van der Waals surface area contributed by atoms with Gasteiger partial charge in [0.1, 0.15) is 18.1 Å². The van der Waals surface area contributed by atoms with Crippen LogP contribution in [0.4, 0.5) is 0 Å². The Morgan fingerprint density at radius 1 is 1.10 bits per heavy atom. The van der Waals surface area contributed by atoms with Gasteiger partial charge >= 0.3 is 5.97 Å². The number of H-pyrrole nitrogens is 1. The lowest BCUT2D eigenvalue weighted by Gasteiger charge is -2.29. The second-order valence-electron chi connectivity index (χ2n) is 9.68. The van der Waals surface area contributed by atoms with Crippen LogP contribution in [0.2, 0.25) is 0 Å². The molecule has 0 aliphatic carbocycles. The van der Waals surface area contributed by atoms with Crippen LogP contribution in [-0.2, 0) is 32.0 Å². The maximum Gasteiger partial charge on any atom is 0.326 e. The first-order chi connectivity index (χ1) is 19.2. The van der Waals surface area contributed by atoms with Gasteiger partial charge in [-0.25, -0.2) is 9.78 Å². The van der Waals surface area contributed by atoms with Gasteiger partial charge in [0.25, 0.3) is 0 Å². The normalized spacial score (nSPS) is 16.9. The number of carboxylic acid groups (broad SMARTS) is 1. The lowest BCUT2D eigenvalue weighted by molar-refractivity contribution is -0.149. The average molecular weight is 556 g/mol. The summed E-state index contributed by atoms with van der Waals surface area (Å²) in [4.78, 5) is 63.8. The van der Waals surface area contributed by atoms with E-state index in [9.17, 15) is 24.3 Å². The van der Waals surface area contributed by atoms with E-state index >= 15 is 0 Å². The van der Waals surface area contributed by atoms with Crippen molar-refractivity contribution in [3.8, 4) is 0 Å². The topological polar surface area (TPSA) is 235 Å². The maximum atomic E-state index is 13.6. The van der Waals surface area contributed by atoms with Crippen molar-refractivity contribution in [2.45, 2.75) is 62.7 Å². The van der Waals surface area contributed by atoms with E-state index in [2.05, 4.69) is 25.6 Å². The van der Waals surface area contributed by atoms with E-state index in [-0.39, 0.29) is 31.8 Å². The molecular formula is C26H37N9O5. The lowest BCUT2D eigenvalue weighted by Crippen LogP contribution is -2.58. The summed E-state index contributed by atoms with van der Waals surface area (Å²) in [5.74, 6) is -2.81. The number of aliphatic carboxylic acids is 1. The molecule has 40 heavy (non-hydrogen) atoms. The number of likely N-dealkylation sites (tertiary alicyclic amines) is 1. The highest BCUT2D eigenvalue weighted by atomic mass is 16.4. The lowest BCUT2D eigenvalue weighted by atomic mass is 10.0. The van der Waals surface area contributed by atoms with Crippen molar-refractivity contribution in [1.82, 2.24) is 25.5 Å². The number of hydrogen-bond donors (Lipinski definition) is 7. The van der Waals surface area contributed by atoms with Gasteiger partial charge in [-0.2, -0.15) is 0 Å². The third-order valence-corrected chi connectivity index (χ3v) is 6.63. The predicted octanol–water partition coefficient (Wildman–Crippen LogP) is -1.38. The highest BCUT2D eigenvalue weighted by Crippen LogP contribution is 2.20. The molecule has 4 atom stereocenters. The van der Waals surface area contributed by atoms with E-state index in [1.807, 2.05) is 30.3 Å². The van der Waals surface area contributed by atoms with Crippen LogP contribution in [0.5, 0.6) is 0 Å². The van der Waals surface area contributed by atoms with Gasteiger partial charge in [-0.05, 0) is 31.2 Å². The molecule has 216 valence electrons. The average Bonchev–Trinajstić information content (AvgIpc) is 3.63. The number of nitrogens with zero attached hydrogens (tertiary/aromatic N) is 3. The van der Waals surface area contributed by atoms with Gasteiger partial charge in [-0.3, -0.25) is 19.4 Å². The molecule has 4 unspecified atom stereocenters. The molecule has 1 saturated heterocycles. The fourth-order valence-electron chi connectivity index (χ4n) is 4.56. The van der Waals surface area contributed by atoms with Gasteiger partial charge < -0.3 is 42.8 Å². The van der Waals surface area contributed by atoms with Crippen molar-refractivity contribution in [3.63, 3.8) is 0 Å². The van der Waals surface area contributed by atoms with E-state index in [0.29, 0.717) is 31.5 Å². The molecule has 1 aromatic heterocycles. The number of carboxylic acids is 1. The summed E-state index contributed by atoms with van der Waals surface area (Å²) in [6.45, 7) is 0.582. The number of aromatic amines is 1. The Morgan fingerprint density at radius 3 is 2.48 bits per heavy atom. The Morgan fingerprint density at radius 2 is 1.82 bits per heavy atom. The summed E-state index contributed by atoms with van der Waals surface area (Å²) in [7, 11) is 0. The van der Waals surface area contributed by atoms with E-state index in [1.54, 1.807) is 0 Å². The minimum absolute atomic E-state index is 0.0578. The van der Waals surface area contributed by atoms with Crippen LogP contribution in [0.1, 0.15) is 36.9 Å². The van der Waals surface area contributed by atoms with E-state index in [4.69, 9.17) is 17.2 Å². The highest BCUT2D eigenvalue weighted by Gasteiger charge is 2.38. The number of hydrogen-bond acceptors (Lipinski definition) is 7. The van der Waals surface area contributed by atoms with Crippen molar-refractivity contribution >= 4 is 29.7 Å².